The van der Waals surface area contributed by atoms with Crippen molar-refractivity contribution in [3.63, 3.8) is 0 Å². The zero-order valence-electron chi connectivity index (χ0n) is 11.7. The molecule has 0 radical (unpaired) electrons. The molecule has 2 N–H and O–H groups in total. The van der Waals surface area contributed by atoms with Gasteiger partial charge in [0.15, 0.2) is 0 Å². The minimum atomic E-state index is 0.156. The number of aryl methyl sites for hydroxylation is 1. The molecular formula is C16H26N2. The van der Waals surface area contributed by atoms with E-state index in [-0.39, 0.29) is 6.04 Å². The first kappa shape index (κ1) is 13.6. The first-order chi connectivity index (χ1) is 8.74. The quantitative estimate of drug-likeness (QED) is 0.865. The monoisotopic (exact) mass is 246 g/mol. The van der Waals surface area contributed by atoms with Gasteiger partial charge in [-0.2, -0.15) is 0 Å². The van der Waals surface area contributed by atoms with Crippen molar-refractivity contribution in [1.82, 2.24) is 4.90 Å². The molecule has 1 aliphatic heterocycles. The molecule has 1 aromatic carbocycles. The summed E-state index contributed by atoms with van der Waals surface area (Å²) < 4.78 is 0. The second-order valence-corrected chi connectivity index (χ2v) is 5.40. The van der Waals surface area contributed by atoms with E-state index in [1.807, 2.05) is 0 Å². The molecule has 0 saturated carbocycles. The SMILES string of the molecule is CCc1ccc(C(N)CN2CCCC2CC)cc1. The fourth-order valence-corrected chi connectivity index (χ4v) is 2.96. The first-order valence-corrected chi connectivity index (χ1v) is 7.33. The van der Waals surface area contributed by atoms with E-state index in [4.69, 9.17) is 5.73 Å². The lowest BCUT2D eigenvalue weighted by Gasteiger charge is -2.26. The molecule has 0 aliphatic carbocycles. The topological polar surface area (TPSA) is 29.3 Å². The highest BCUT2D eigenvalue weighted by atomic mass is 15.2. The van der Waals surface area contributed by atoms with Gasteiger partial charge in [-0.25, -0.2) is 0 Å². The Morgan fingerprint density at radius 3 is 2.61 bits per heavy atom. The molecule has 1 saturated heterocycles. The van der Waals surface area contributed by atoms with Crippen molar-refractivity contribution in [3.8, 4) is 0 Å². The molecule has 1 heterocycles. The Morgan fingerprint density at radius 1 is 1.28 bits per heavy atom. The molecule has 18 heavy (non-hydrogen) atoms. The van der Waals surface area contributed by atoms with Crippen molar-refractivity contribution < 1.29 is 0 Å². The second-order valence-electron chi connectivity index (χ2n) is 5.40. The Labute approximate surface area is 111 Å². The Hall–Kier alpha value is -0.860. The summed E-state index contributed by atoms with van der Waals surface area (Å²) in [5, 5.41) is 0. The summed E-state index contributed by atoms with van der Waals surface area (Å²) in [6, 6.07) is 9.71. The molecule has 2 heteroatoms. The molecule has 100 valence electrons. The number of hydrogen-bond donors (Lipinski definition) is 1. The van der Waals surface area contributed by atoms with Crippen LogP contribution in [0.15, 0.2) is 24.3 Å². The van der Waals surface area contributed by atoms with Crippen LogP contribution in [-0.4, -0.2) is 24.0 Å². The van der Waals surface area contributed by atoms with E-state index >= 15 is 0 Å². The Kier molecular flexibility index (Phi) is 4.79. The molecule has 0 spiro atoms. The summed E-state index contributed by atoms with van der Waals surface area (Å²) in [4.78, 5) is 2.57. The Balaban J connectivity index is 1.95. The standard InChI is InChI=1S/C16H26N2/c1-3-13-7-9-14(10-8-13)16(17)12-18-11-5-6-15(18)4-2/h7-10,15-16H,3-6,11-12,17H2,1-2H3. The van der Waals surface area contributed by atoms with Crippen LogP contribution >= 0.6 is 0 Å². The van der Waals surface area contributed by atoms with Gasteiger partial charge in [-0.1, -0.05) is 38.1 Å². The molecule has 2 atom stereocenters. The zero-order valence-corrected chi connectivity index (χ0v) is 11.7. The van der Waals surface area contributed by atoms with Crippen LogP contribution in [0.4, 0.5) is 0 Å². The summed E-state index contributed by atoms with van der Waals surface area (Å²) in [6.07, 6.45) is 5.03. The van der Waals surface area contributed by atoms with Gasteiger partial charge in [-0.3, -0.25) is 4.90 Å². The maximum absolute atomic E-state index is 6.34. The van der Waals surface area contributed by atoms with Crippen molar-refractivity contribution >= 4 is 0 Å². The van der Waals surface area contributed by atoms with E-state index in [2.05, 4.69) is 43.0 Å². The second kappa shape index (κ2) is 6.35. The molecule has 0 amide bonds. The van der Waals surface area contributed by atoms with Gasteiger partial charge < -0.3 is 5.73 Å². The molecule has 1 aromatic rings. The molecule has 1 aliphatic rings. The molecular weight excluding hydrogens is 220 g/mol. The van der Waals surface area contributed by atoms with Gasteiger partial charge in [-0.15, -0.1) is 0 Å². The number of likely N-dealkylation sites (tertiary alicyclic amines) is 1. The Bertz CT molecular complexity index is 358. The van der Waals surface area contributed by atoms with Crippen LogP contribution in [0, 0.1) is 0 Å². The molecule has 2 unspecified atom stereocenters. The molecule has 2 nitrogen and oxygen atoms in total. The van der Waals surface area contributed by atoms with Gasteiger partial charge in [0.25, 0.3) is 0 Å². The molecule has 0 aromatic heterocycles. The van der Waals surface area contributed by atoms with Crippen molar-refractivity contribution in [2.75, 3.05) is 13.1 Å². The van der Waals surface area contributed by atoms with Crippen LogP contribution < -0.4 is 5.73 Å². The maximum Gasteiger partial charge on any atom is 0.0424 e. The van der Waals surface area contributed by atoms with Crippen molar-refractivity contribution in [2.45, 2.75) is 51.6 Å². The largest absolute Gasteiger partial charge is 0.323 e. The van der Waals surface area contributed by atoms with E-state index in [0.29, 0.717) is 0 Å². The van der Waals surface area contributed by atoms with Crippen LogP contribution in [0.5, 0.6) is 0 Å². The number of hydrogen-bond acceptors (Lipinski definition) is 2. The van der Waals surface area contributed by atoms with E-state index in [1.165, 1.54) is 36.9 Å². The van der Waals surface area contributed by atoms with E-state index in [0.717, 1.165) is 19.0 Å². The lowest BCUT2D eigenvalue weighted by molar-refractivity contribution is 0.234. The molecule has 0 bridgehead atoms. The summed E-state index contributed by atoms with van der Waals surface area (Å²) in [6.45, 7) is 6.69. The van der Waals surface area contributed by atoms with Gasteiger partial charge >= 0.3 is 0 Å². The predicted molar refractivity (Wildman–Crippen MR) is 77.6 cm³/mol. The van der Waals surface area contributed by atoms with Crippen LogP contribution in [-0.2, 0) is 6.42 Å². The first-order valence-electron chi connectivity index (χ1n) is 7.33. The smallest absolute Gasteiger partial charge is 0.0424 e. The van der Waals surface area contributed by atoms with Gasteiger partial charge in [0.2, 0.25) is 0 Å². The highest BCUT2D eigenvalue weighted by Gasteiger charge is 2.24. The summed E-state index contributed by atoms with van der Waals surface area (Å²) >= 11 is 0. The lowest BCUT2D eigenvalue weighted by atomic mass is 10.0. The zero-order chi connectivity index (χ0) is 13.0. The maximum atomic E-state index is 6.34. The Morgan fingerprint density at radius 2 is 2.00 bits per heavy atom. The number of nitrogens with two attached hydrogens (primary N) is 1. The van der Waals surface area contributed by atoms with E-state index < -0.39 is 0 Å². The van der Waals surface area contributed by atoms with Crippen molar-refractivity contribution in [3.05, 3.63) is 35.4 Å². The third kappa shape index (κ3) is 3.12. The summed E-state index contributed by atoms with van der Waals surface area (Å²) in [5.41, 5.74) is 9.00. The lowest BCUT2D eigenvalue weighted by Crippen LogP contribution is -2.35. The fourth-order valence-electron chi connectivity index (χ4n) is 2.96. The van der Waals surface area contributed by atoms with Crippen molar-refractivity contribution in [2.24, 2.45) is 5.73 Å². The highest BCUT2D eigenvalue weighted by Crippen LogP contribution is 2.22. The number of nitrogens with zero attached hydrogens (tertiary/aromatic N) is 1. The number of benzene rings is 1. The van der Waals surface area contributed by atoms with Crippen LogP contribution in [0.2, 0.25) is 0 Å². The predicted octanol–water partition coefficient (Wildman–Crippen LogP) is 3.12. The van der Waals surface area contributed by atoms with Crippen molar-refractivity contribution in [1.29, 1.82) is 0 Å². The molecule has 1 fully saturated rings. The average Bonchev–Trinajstić information content (AvgIpc) is 2.86. The minimum Gasteiger partial charge on any atom is -0.323 e. The average molecular weight is 246 g/mol. The number of rotatable bonds is 5. The van der Waals surface area contributed by atoms with Gasteiger partial charge in [0.05, 0.1) is 0 Å². The van der Waals surface area contributed by atoms with Crippen LogP contribution in [0.1, 0.15) is 50.3 Å². The van der Waals surface area contributed by atoms with E-state index in [1.54, 1.807) is 0 Å². The van der Waals surface area contributed by atoms with Gasteiger partial charge in [0.1, 0.15) is 0 Å². The fraction of sp³-hybridized carbons (Fsp3) is 0.625. The summed E-state index contributed by atoms with van der Waals surface area (Å²) in [7, 11) is 0. The molecule has 2 rings (SSSR count). The minimum absolute atomic E-state index is 0.156. The normalized spacial score (nSPS) is 22.3. The third-order valence-electron chi connectivity index (χ3n) is 4.22. The van der Waals surface area contributed by atoms with E-state index in [9.17, 15) is 0 Å². The van der Waals surface area contributed by atoms with Crippen LogP contribution in [0.3, 0.4) is 0 Å². The third-order valence-corrected chi connectivity index (χ3v) is 4.22. The van der Waals surface area contributed by atoms with Crippen LogP contribution in [0.25, 0.3) is 0 Å². The van der Waals surface area contributed by atoms with Gasteiger partial charge in [-0.05, 0) is 43.4 Å². The summed E-state index contributed by atoms with van der Waals surface area (Å²) in [5.74, 6) is 0. The highest BCUT2D eigenvalue weighted by molar-refractivity contribution is 5.25. The van der Waals surface area contributed by atoms with Gasteiger partial charge in [0, 0.05) is 18.6 Å².